The minimum Gasteiger partial charge on any atom is -0.377 e. The third-order valence-corrected chi connectivity index (χ3v) is 3.77. The minimum absolute atomic E-state index is 0.202. The van der Waals surface area contributed by atoms with E-state index in [1.807, 2.05) is 64.0 Å². The van der Waals surface area contributed by atoms with Crippen molar-refractivity contribution in [3.8, 4) is 0 Å². The second-order valence-corrected chi connectivity index (χ2v) is 5.11. The van der Waals surface area contributed by atoms with Crippen LogP contribution in [0.2, 0.25) is 0 Å². The van der Waals surface area contributed by atoms with Gasteiger partial charge in [-0.05, 0) is 25.1 Å². The van der Waals surface area contributed by atoms with Crippen LogP contribution in [-0.2, 0) is 0 Å². The molecule has 0 unspecified atom stereocenters. The summed E-state index contributed by atoms with van der Waals surface area (Å²) in [6, 6.07) is 9.38. The molecule has 4 nitrogen and oxygen atoms in total. The van der Waals surface area contributed by atoms with Gasteiger partial charge in [-0.15, -0.1) is 0 Å². The first kappa shape index (κ1) is 16.0. The van der Waals surface area contributed by atoms with Crippen LogP contribution >= 0.6 is 0 Å². The monoisotopic (exact) mass is 298 g/mol. The lowest BCUT2D eigenvalue weighted by Gasteiger charge is -2.27. The van der Waals surface area contributed by atoms with Crippen molar-refractivity contribution in [2.24, 2.45) is 0 Å². The average molecular weight is 298 g/mol. The predicted molar refractivity (Wildman–Crippen MR) is 90.7 cm³/mol. The van der Waals surface area contributed by atoms with Crippen LogP contribution in [0.3, 0.4) is 0 Å². The van der Waals surface area contributed by atoms with E-state index in [-0.39, 0.29) is 11.8 Å². The van der Waals surface area contributed by atoms with Gasteiger partial charge in [-0.1, -0.05) is 26.0 Å². The van der Waals surface area contributed by atoms with Crippen molar-refractivity contribution >= 4 is 28.3 Å². The molecule has 0 saturated carbocycles. The molecule has 0 aliphatic carbocycles. The summed E-state index contributed by atoms with van der Waals surface area (Å²) in [6.07, 6.45) is 0. The van der Waals surface area contributed by atoms with E-state index in [4.69, 9.17) is 0 Å². The van der Waals surface area contributed by atoms with Gasteiger partial charge in [0.2, 0.25) is 0 Å². The quantitative estimate of drug-likeness (QED) is 0.796. The maximum absolute atomic E-state index is 12.4. The highest BCUT2D eigenvalue weighted by molar-refractivity contribution is 6.26. The SMILES string of the molecule is CC.CCN1C(=O)c2cccc3c(N(C)C)ccc(c23)C1=O. The molecular formula is C18H22N2O2. The Kier molecular flexibility index (Phi) is 4.50. The number of carbonyl (C=O) groups is 2. The lowest BCUT2D eigenvalue weighted by molar-refractivity contribution is 0.0619. The molecule has 0 saturated heterocycles. The summed E-state index contributed by atoms with van der Waals surface area (Å²) in [4.78, 5) is 28.1. The summed E-state index contributed by atoms with van der Waals surface area (Å²) >= 11 is 0. The Hall–Kier alpha value is -2.36. The molecule has 116 valence electrons. The molecule has 2 aromatic rings. The fraction of sp³-hybridized carbons (Fsp3) is 0.333. The van der Waals surface area contributed by atoms with Gasteiger partial charge in [0.1, 0.15) is 0 Å². The van der Waals surface area contributed by atoms with Crippen molar-refractivity contribution in [2.45, 2.75) is 20.8 Å². The largest absolute Gasteiger partial charge is 0.377 e. The van der Waals surface area contributed by atoms with Gasteiger partial charge in [0.25, 0.3) is 11.8 Å². The summed E-state index contributed by atoms with van der Waals surface area (Å²) in [5.41, 5.74) is 2.24. The lowest BCUT2D eigenvalue weighted by atomic mass is 9.93. The summed E-state index contributed by atoms with van der Waals surface area (Å²) in [5.74, 6) is -0.405. The topological polar surface area (TPSA) is 40.6 Å². The normalized spacial score (nSPS) is 13.0. The standard InChI is InChI=1S/C16H16N2O2.C2H6/c1-4-18-15(19)11-7-5-6-10-13(17(2)3)9-8-12(14(10)11)16(18)20;1-2/h5-9H,4H2,1-3H3;1-2H3. The van der Waals surface area contributed by atoms with Crippen molar-refractivity contribution < 1.29 is 9.59 Å². The minimum atomic E-state index is -0.202. The highest BCUT2D eigenvalue weighted by Crippen LogP contribution is 2.35. The molecule has 0 fully saturated rings. The van der Waals surface area contributed by atoms with Gasteiger partial charge >= 0.3 is 0 Å². The van der Waals surface area contributed by atoms with E-state index in [1.165, 1.54) is 4.90 Å². The number of carbonyl (C=O) groups excluding carboxylic acids is 2. The smallest absolute Gasteiger partial charge is 0.261 e. The van der Waals surface area contributed by atoms with Crippen molar-refractivity contribution in [1.29, 1.82) is 0 Å². The van der Waals surface area contributed by atoms with E-state index in [9.17, 15) is 9.59 Å². The number of hydrogen-bond donors (Lipinski definition) is 0. The number of benzene rings is 2. The van der Waals surface area contributed by atoms with Crippen LogP contribution in [0.15, 0.2) is 30.3 Å². The van der Waals surface area contributed by atoms with Crippen molar-refractivity contribution in [3.63, 3.8) is 0 Å². The Labute approximate surface area is 131 Å². The molecular weight excluding hydrogens is 276 g/mol. The molecule has 0 radical (unpaired) electrons. The molecule has 2 aromatic carbocycles. The zero-order valence-corrected chi connectivity index (χ0v) is 13.8. The fourth-order valence-electron chi connectivity index (χ4n) is 2.81. The third-order valence-electron chi connectivity index (χ3n) is 3.77. The molecule has 1 aliphatic heterocycles. The van der Waals surface area contributed by atoms with Gasteiger partial charge < -0.3 is 4.90 Å². The Balaban J connectivity index is 0.000000847. The molecule has 4 heteroatoms. The number of anilines is 1. The first-order chi connectivity index (χ1) is 10.6. The Morgan fingerprint density at radius 1 is 0.955 bits per heavy atom. The molecule has 0 N–H and O–H groups in total. The predicted octanol–water partition coefficient (Wildman–Crippen LogP) is 3.55. The van der Waals surface area contributed by atoms with Gasteiger partial charge in [-0.3, -0.25) is 14.5 Å². The Morgan fingerprint density at radius 2 is 1.55 bits per heavy atom. The molecule has 1 heterocycles. The summed E-state index contributed by atoms with van der Waals surface area (Å²) in [7, 11) is 3.91. The molecule has 2 amide bonds. The Bertz CT molecular complexity index is 713. The van der Waals surface area contributed by atoms with Crippen LogP contribution in [-0.4, -0.2) is 37.4 Å². The van der Waals surface area contributed by atoms with Crippen molar-refractivity contribution in [2.75, 3.05) is 25.5 Å². The van der Waals surface area contributed by atoms with E-state index in [0.717, 1.165) is 16.5 Å². The van der Waals surface area contributed by atoms with Gasteiger partial charge in [-0.2, -0.15) is 0 Å². The van der Waals surface area contributed by atoms with Crippen molar-refractivity contribution in [1.82, 2.24) is 4.90 Å². The van der Waals surface area contributed by atoms with E-state index in [2.05, 4.69) is 0 Å². The lowest BCUT2D eigenvalue weighted by Crippen LogP contribution is -2.40. The maximum atomic E-state index is 12.4. The second kappa shape index (κ2) is 6.18. The molecule has 0 bridgehead atoms. The second-order valence-electron chi connectivity index (χ2n) is 5.11. The molecule has 0 aromatic heterocycles. The van der Waals surface area contributed by atoms with E-state index < -0.39 is 0 Å². The zero-order chi connectivity index (χ0) is 16.4. The van der Waals surface area contributed by atoms with Crippen LogP contribution in [0.5, 0.6) is 0 Å². The van der Waals surface area contributed by atoms with Crippen LogP contribution in [0, 0.1) is 0 Å². The third kappa shape index (κ3) is 2.25. The number of amides is 2. The van der Waals surface area contributed by atoms with Crippen molar-refractivity contribution in [3.05, 3.63) is 41.5 Å². The van der Waals surface area contributed by atoms with Gasteiger partial charge in [0, 0.05) is 48.2 Å². The molecule has 0 atom stereocenters. The number of imide groups is 1. The maximum Gasteiger partial charge on any atom is 0.261 e. The first-order valence-electron chi connectivity index (χ1n) is 7.65. The molecule has 3 rings (SSSR count). The number of rotatable bonds is 2. The highest BCUT2D eigenvalue weighted by atomic mass is 16.2. The Morgan fingerprint density at radius 3 is 2.09 bits per heavy atom. The summed E-state index contributed by atoms with van der Waals surface area (Å²) in [6.45, 7) is 6.21. The van der Waals surface area contributed by atoms with E-state index >= 15 is 0 Å². The highest BCUT2D eigenvalue weighted by Gasteiger charge is 2.32. The van der Waals surface area contributed by atoms with Crippen LogP contribution < -0.4 is 4.90 Å². The van der Waals surface area contributed by atoms with Crippen LogP contribution in [0.4, 0.5) is 5.69 Å². The molecule has 1 aliphatic rings. The number of hydrogen-bond acceptors (Lipinski definition) is 3. The van der Waals surface area contributed by atoms with E-state index in [0.29, 0.717) is 17.7 Å². The van der Waals surface area contributed by atoms with Gasteiger partial charge in [-0.25, -0.2) is 0 Å². The van der Waals surface area contributed by atoms with Crippen LogP contribution in [0.1, 0.15) is 41.5 Å². The molecule has 22 heavy (non-hydrogen) atoms. The fourth-order valence-corrected chi connectivity index (χ4v) is 2.81. The van der Waals surface area contributed by atoms with Gasteiger partial charge in [0.05, 0.1) is 0 Å². The molecule has 0 spiro atoms. The van der Waals surface area contributed by atoms with Gasteiger partial charge in [0.15, 0.2) is 0 Å². The first-order valence-corrected chi connectivity index (χ1v) is 7.65. The summed E-state index contributed by atoms with van der Waals surface area (Å²) < 4.78 is 0. The zero-order valence-electron chi connectivity index (χ0n) is 13.8. The van der Waals surface area contributed by atoms with Crippen LogP contribution in [0.25, 0.3) is 10.8 Å². The average Bonchev–Trinajstić information content (AvgIpc) is 2.54. The number of nitrogens with zero attached hydrogens (tertiary/aromatic N) is 2. The summed E-state index contributed by atoms with van der Waals surface area (Å²) in [5, 5.41) is 1.72. The van der Waals surface area contributed by atoms with E-state index in [1.54, 1.807) is 6.07 Å².